The highest BCUT2D eigenvalue weighted by atomic mass is 35.5. The number of ether oxygens (including phenoxy) is 2. The van der Waals surface area contributed by atoms with Crippen LogP contribution in [0.5, 0.6) is 5.75 Å². The quantitative estimate of drug-likeness (QED) is 0.846. The van der Waals surface area contributed by atoms with Crippen LogP contribution >= 0.6 is 11.6 Å². The second kappa shape index (κ2) is 7.23. The number of benzene rings is 1. The van der Waals surface area contributed by atoms with Gasteiger partial charge in [0.05, 0.1) is 25.5 Å². The Hall–Kier alpha value is -2.73. The van der Waals surface area contributed by atoms with Crippen molar-refractivity contribution in [1.29, 1.82) is 0 Å². The Labute approximate surface area is 144 Å². The second-order valence-corrected chi connectivity index (χ2v) is 5.26. The van der Waals surface area contributed by atoms with E-state index < -0.39 is 11.9 Å². The number of carbonyl (C=O) groups is 2. The molecule has 1 aliphatic rings. The van der Waals surface area contributed by atoms with E-state index in [0.29, 0.717) is 11.3 Å². The molecule has 126 valence electrons. The maximum atomic E-state index is 12.3. The van der Waals surface area contributed by atoms with E-state index in [1.165, 1.54) is 31.4 Å². The lowest BCUT2D eigenvalue weighted by molar-refractivity contribution is -0.139. The van der Waals surface area contributed by atoms with Crippen LogP contribution in [-0.2, 0) is 19.1 Å². The Morgan fingerprint density at radius 3 is 2.42 bits per heavy atom. The minimum atomic E-state index is -0.747. The summed E-state index contributed by atoms with van der Waals surface area (Å²) in [7, 11) is 2.42. The summed E-state index contributed by atoms with van der Waals surface area (Å²) >= 11 is 6.22. The van der Waals surface area contributed by atoms with Crippen LogP contribution in [0.4, 0.5) is 5.69 Å². The SMILES string of the molecule is COC(=O)C1=C(C(=O)OC)N(c2ccc(C)c(O)c2Cl)C=CC=C1. The standard InChI is InChI=1S/C17H16ClNO5/c1-10-7-8-12(13(18)15(10)20)19-9-5-4-6-11(16(21)23-2)14(19)17(22)24-3/h4-9,20H,1-3H3. The van der Waals surface area contributed by atoms with Crippen molar-refractivity contribution in [2.45, 2.75) is 6.92 Å². The fourth-order valence-corrected chi connectivity index (χ4v) is 2.49. The highest BCUT2D eigenvalue weighted by Gasteiger charge is 2.29. The summed E-state index contributed by atoms with van der Waals surface area (Å²) in [4.78, 5) is 25.7. The largest absolute Gasteiger partial charge is 0.506 e. The number of phenolic OH excluding ortho intramolecular Hbond substituents is 1. The zero-order valence-electron chi connectivity index (χ0n) is 13.4. The molecule has 0 spiro atoms. The number of carbonyl (C=O) groups excluding carboxylic acids is 2. The van der Waals surface area contributed by atoms with Crippen LogP contribution in [0.25, 0.3) is 0 Å². The summed E-state index contributed by atoms with van der Waals surface area (Å²) in [5.41, 5.74) is 0.837. The highest BCUT2D eigenvalue weighted by Crippen LogP contribution is 2.39. The van der Waals surface area contributed by atoms with Gasteiger partial charge in [-0.05, 0) is 30.7 Å². The van der Waals surface area contributed by atoms with E-state index in [0.717, 1.165) is 0 Å². The van der Waals surface area contributed by atoms with Gasteiger partial charge in [-0.15, -0.1) is 0 Å². The average molecular weight is 350 g/mol. The Balaban J connectivity index is 2.73. The van der Waals surface area contributed by atoms with Gasteiger partial charge >= 0.3 is 11.9 Å². The van der Waals surface area contributed by atoms with Crippen LogP contribution in [0.15, 0.2) is 47.8 Å². The fourth-order valence-electron chi connectivity index (χ4n) is 2.19. The van der Waals surface area contributed by atoms with E-state index in [9.17, 15) is 14.7 Å². The number of nitrogens with zero attached hydrogens (tertiary/aromatic N) is 1. The molecular weight excluding hydrogens is 334 g/mol. The number of aryl methyl sites for hydroxylation is 1. The molecule has 0 saturated carbocycles. The van der Waals surface area contributed by atoms with Crippen molar-refractivity contribution >= 4 is 29.2 Å². The summed E-state index contributed by atoms with van der Waals surface area (Å²) in [6.45, 7) is 1.70. The van der Waals surface area contributed by atoms with Crippen molar-refractivity contribution in [2.24, 2.45) is 0 Å². The molecule has 0 amide bonds. The molecular formula is C17H16ClNO5. The molecule has 24 heavy (non-hydrogen) atoms. The van der Waals surface area contributed by atoms with Gasteiger partial charge in [0.2, 0.25) is 0 Å². The third kappa shape index (κ3) is 3.14. The number of anilines is 1. The molecule has 0 radical (unpaired) electrons. The predicted octanol–water partition coefficient (Wildman–Crippen LogP) is 2.84. The topological polar surface area (TPSA) is 76.1 Å². The molecule has 6 nitrogen and oxygen atoms in total. The minimum absolute atomic E-state index is 0.00508. The van der Waals surface area contributed by atoms with E-state index in [1.54, 1.807) is 31.2 Å². The van der Waals surface area contributed by atoms with Crippen molar-refractivity contribution in [3.63, 3.8) is 0 Å². The number of esters is 2. The van der Waals surface area contributed by atoms with Gasteiger partial charge in [-0.1, -0.05) is 23.7 Å². The first-order valence-electron chi connectivity index (χ1n) is 6.95. The zero-order valence-corrected chi connectivity index (χ0v) is 14.1. The number of hydrogen-bond acceptors (Lipinski definition) is 6. The van der Waals surface area contributed by atoms with Gasteiger partial charge < -0.3 is 19.5 Å². The van der Waals surface area contributed by atoms with Gasteiger partial charge in [-0.2, -0.15) is 0 Å². The van der Waals surface area contributed by atoms with E-state index >= 15 is 0 Å². The molecule has 1 heterocycles. The van der Waals surface area contributed by atoms with Gasteiger partial charge in [0, 0.05) is 6.20 Å². The fraction of sp³-hybridized carbons (Fsp3) is 0.176. The van der Waals surface area contributed by atoms with E-state index in [-0.39, 0.29) is 22.0 Å². The van der Waals surface area contributed by atoms with Crippen LogP contribution < -0.4 is 4.90 Å². The van der Waals surface area contributed by atoms with Gasteiger partial charge in [0.25, 0.3) is 0 Å². The lowest BCUT2D eigenvalue weighted by Crippen LogP contribution is -2.27. The molecule has 0 aliphatic carbocycles. The number of halogens is 1. The predicted molar refractivity (Wildman–Crippen MR) is 89.7 cm³/mol. The van der Waals surface area contributed by atoms with Crippen molar-refractivity contribution in [3.05, 3.63) is 58.4 Å². The number of rotatable bonds is 3. The van der Waals surface area contributed by atoms with Crippen molar-refractivity contribution < 1.29 is 24.2 Å². The number of phenols is 1. The third-order valence-electron chi connectivity index (χ3n) is 3.45. The molecule has 0 fully saturated rings. The van der Waals surface area contributed by atoms with Gasteiger partial charge in [0.1, 0.15) is 16.5 Å². The lowest BCUT2D eigenvalue weighted by atomic mass is 10.1. The van der Waals surface area contributed by atoms with Crippen LogP contribution in [0.2, 0.25) is 5.02 Å². The summed E-state index contributed by atoms with van der Waals surface area (Å²) in [6.07, 6.45) is 6.18. The minimum Gasteiger partial charge on any atom is -0.506 e. The maximum Gasteiger partial charge on any atom is 0.355 e. The third-order valence-corrected chi connectivity index (χ3v) is 3.82. The maximum absolute atomic E-state index is 12.3. The van der Waals surface area contributed by atoms with Gasteiger partial charge in [-0.3, -0.25) is 0 Å². The van der Waals surface area contributed by atoms with Crippen LogP contribution in [0.3, 0.4) is 0 Å². The molecule has 0 aromatic heterocycles. The Bertz CT molecular complexity index is 779. The van der Waals surface area contributed by atoms with Crippen molar-refractivity contribution in [1.82, 2.24) is 0 Å². The smallest absolute Gasteiger partial charge is 0.355 e. The van der Waals surface area contributed by atoms with Crippen molar-refractivity contribution in [3.8, 4) is 5.75 Å². The van der Waals surface area contributed by atoms with Crippen molar-refractivity contribution in [2.75, 3.05) is 19.1 Å². The number of aromatic hydroxyl groups is 1. The average Bonchev–Trinajstić information content (AvgIpc) is 2.81. The van der Waals surface area contributed by atoms with Gasteiger partial charge in [-0.25, -0.2) is 9.59 Å². The first kappa shape index (κ1) is 17.6. The molecule has 1 N–H and O–H groups in total. The van der Waals surface area contributed by atoms with E-state index in [4.69, 9.17) is 21.1 Å². The monoisotopic (exact) mass is 349 g/mol. The summed E-state index contributed by atoms with van der Waals surface area (Å²) in [6, 6.07) is 3.28. The second-order valence-electron chi connectivity index (χ2n) is 4.88. The Morgan fingerprint density at radius 2 is 1.79 bits per heavy atom. The summed E-state index contributed by atoms with van der Waals surface area (Å²) in [5, 5.41) is 10.1. The normalized spacial score (nSPS) is 13.8. The summed E-state index contributed by atoms with van der Waals surface area (Å²) < 4.78 is 9.53. The molecule has 0 atom stereocenters. The number of allylic oxidation sites excluding steroid dienone is 2. The van der Waals surface area contributed by atoms with E-state index in [1.807, 2.05) is 0 Å². The number of methoxy groups -OCH3 is 2. The number of hydrogen-bond donors (Lipinski definition) is 1. The lowest BCUT2D eigenvalue weighted by Gasteiger charge is -2.24. The molecule has 2 rings (SSSR count). The van der Waals surface area contributed by atoms with Crippen LogP contribution in [0.1, 0.15) is 5.56 Å². The molecule has 1 aromatic carbocycles. The zero-order chi connectivity index (χ0) is 17.9. The molecule has 0 bridgehead atoms. The molecule has 1 aromatic rings. The molecule has 0 unspecified atom stereocenters. The Kier molecular flexibility index (Phi) is 5.31. The first-order valence-corrected chi connectivity index (χ1v) is 7.33. The summed E-state index contributed by atoms with van der Waals surface area (Å²) in [5.74, 6) is -1.56. The van der Waals surface area contributed by atoms with E-state index in [2.05, 4.69) is 0 Å². The van der Waals surface area contributed by atoms with Crippen LogP contribution in [-0.4, -0.2) is 31.3 Å². The van der Waals surface area contributed by atoms with Crippen LogP contribution in [0, 0.1) is 6.92 Å². The highest BCUT2D eigenvalue weighted by molar-refractivity contribution is 6.35. The Morgan fingerprint density at radius 1 is 1.12 bits per heavy atom. The molecule has 7 heteroatoms. The molecule has 1 aliphatic heterocycles. The first-order chi connectivity index (χ1) is 11.4. The van der Waals surface area contributed by atoms with Gasteiger partial charge in [0.15, 0.2) is 0 Å². The molecule has 0 saturated heterocycles.